The number of para-hydroxylation sites is 1. The summed E-state index contributed by atoms with van der Waals surface area (Å²) in [5, 5.41) is 5.13. The molecule has 0 radical (unpaired) electrons. The SMILES string of the molecule is CN(C)CCOc1ccccc1-c1csc(NC(=O)/C=C/c2ccc(F)cc2)n1. The molecule has 1 N–H and O–H groups in total. The van der Waals surface area contributed by atoms with Crippen LogP contribution in [0.15, 0.2) is 60.0 Å². The summed E-state index contributed by atoms with van der Waals surface area (Å²) < 4.78 is 18.8. The van der Waals surface area contributed by atoms with Crippen molar-refractivity contribution in [1.29, 1.82) is 0 Å². The molecule has 0 unspecified atom stereocenters. The van der Waals surface area contributed by atoms with Gasteiger partial charge in [0.25, 0.3) is 0 Å². The number of hydrogen-bond donors (Lipinski definition) is 1. The summed E-state index contributed by atoms with van der Waals surface area (Å²) in [6.45, 7) is 1.39. The molecule has 150 valence electrons. The minimum Gasteiger partial charge on any atom is -0.492 e. The van der Waals surface area contributed by atoms with Gasteiger partial charge in [-0.1, -0.05) is 24.3 Å². The molecule has 29 heavy (non-hydrogen) atoms. The molecule has 3 aromatic rings. The zero-order chi connectivity index (χ0) is 20.6. The van der Waals surface area contributed by atoms with Gasteiger partial charge in [0.05, 0.1) is 5.69 Å². The quantitative estimate of drug-likeness (QED) is 0.553. The molecule has 0 fully saturated rings. The molecule has 0 aliphatic rings. The number of rotatable bonds is 8. The van der Waals surface area contributed by atoms with Crippen molar-refractivity contribution in [3.05, 3.63) is 71.4 Å². The van der Waals surface area contributed by atoms with Crippen LogP contribution in [0.1, 0.15) is 5.56 Å². The van der Waals surface area contributed by atoms with Crippen LogP contribution in [0.5, 0.6) is 5.75 Å². The number of aromatic nitrogens is 1. The minimum absolute atomic E-state index is 0.300. The number of ether oxygens (including phenoxy) is 1. The van der Waals surface area contributed by atoms with Crippen LogP contribution in [-0.2, 0) is 4.79 Å². The van der Waals surface area contributed by atoms with Gasteiger partial charge >= 0.3 is 0 Å². The van der Waals surface area contributed by atoms with E-state index in [1.54, 1.807) is 18.2 Å². The molecule has 0 aliphatic heterocycles. The Balaban J connectivity index is 1.65. The largest absolute Gasteiger partial charge is 0.492 e. The predicted molar refractivity (Wildman–Crippen MR) is 116 cm³/mol. The number of nitrogens with one attached hydrogen (secondary N) is 1. The van der Waals surface area contributed by atoms with E-state index >= 15 is 0 Å². The fraction of sp³-hybridized carbons (Fsp3) is 0.182. The van der Waals surface area contributed by atoms with Gasteiger partial charge in [-0.3, -0.25) is 10.1 Å². The van der Waals surface area contributed by atoms with E-state index in [2.05, 4.69) is 15.2 Å². The molecule has 3 rings (SSSR count). The summed E-state index contributed by atoms with van der Waals surface area (Å²) in [7, 11) is 3.99. The fourth-order valence-corrected chi connectivity index (χ4v) is 3.20. The summed E-state index contributed by atoms with van der Waals surface area (Å²) >= 11 is 1.34. The Kier molecular flexibility index (Phi) is 7.10. The number of halogens is 1. The second kappa shape index (κ2) is 9.95. The van der Waals surface area contributed by atoms with E-state index in [1.165, 1.54) is 29.5 Å². The van der Waals surface area contributed by atoms with E-state index in [-0.39, 0.29) is 11.7 Å². The Bertz CT molecular complexity index is 984. The van der Waals surface area contributed by atoms with E-state index < -0.39 is 0 Å². The number of likely N-dealkylation sites (N-methyl/N-ethyl adjacent to an activating group) is 1. The van der Waals surface area contributed by atoms with E-state index in [0.29, 0.717) is 11.7 Å². The van der Waals surface area contributed by atoms with E-state index in [4.69, 9.17) is 4.74 Å². The van der Waals surface area contributed by atoms with Crippen LogP contribution in [0.25, 0.3) is 17.3 Å². The topological polar surface area (TPSA) is 54.5 Å². The first-order valence-electron chi connectivity index (χ1n) is 9.08. The first-order valence-corrected chi connectivity index (χ1v) is 9.96. The summed E-state index contributed by atoms with van der Waals surface area (Å²) in [4.78, 5) is 18.7. The van der Waals surface area contributed by atoms with Gasteiger partial charge in [0.2, 0.25) is 5.91 Å². The van der Waals surface area contributed by atoms with Crippen molar-refractivity contribution in [1.82, 2.24) is 9.88 Å². The van der Waals surface area contributed by atoms with Gasteiger partial charge in [-0.05, 0) is 50.0 Å². The number of anilines is 1. The molecule has 7 heteroatoms. The number of thiazole rings is 1. The van der Waals surface area contributed by atoms with Gasteiger partial charge in [-0.25, -0.2) is 9.37 Å². The molecular weight excluding hydrogens is 389 g/mol. The molecule has 1 heterocycles. The average molecular weight is 412 g/mol. The monoisotopic (exact) mass is 411 g/mol. The van der Waals surface area contributed by atoms with Crippen molar-refractivity contribution in [3.63, 3.8) is 0 Å². The second-order valence-corrected chi connectivity index (χ2v) is 7.42. The lowest BCUT2D eigenvalue weighted by Gasteiger charge is -2.13. The Morgan fingerprint density at radius 3 is 2.72 bits per heavy atom. The van der Waals surface area contributed by atoms with Crippen molar-refractivity contribution in [2.45, 2.75) is 0 Å². The lowest BCUT2D eigenvalue weighted by atomic mass is 10.1. The van der Waals surface area contributed by atoms with Crippen LogP contribution in [0.2, 0.25) is 0 Å². The third-order valence-electron chi connectivity index (χ3n) is 3.99. The Hall–Kier alpha value is -3.03. The molecule has 0 aliphatic carbocycles. The van der Waals surface area contributed by atoms with Crippen LogP contribution in [0, 0.1) is 5.82 Å². The maximum Gasteiger partial charge on any atom is 0.250 e. The molecule has 0 bridgehead atoms. The molecule has 5 nitrogen and oxygen atoms in total. The van der Waals surface area contributed by atoms with Crippen molar-refractivity contribution in [2.24, 2.45) is 0 Å². The lowest BCUT2D eigenvalue weighted by Crippen LogP contribution is -2.19. The van der Waals surface area contributed by atoms with E-state index in [1.807, 2.05) is 43.7 Å². The number of nitrogens with zero attached hydrogens (tertiary/aromatic N) is 2. The summed E-state index contributed by atoms with van der Waals surface area (Å²) in [6, 6.07) is 13.6. The van der Waals surface area contributed by atoms with Crippen molar-refractivity contribution >= 4 is 28.5 Å². The molecule has 1 amide bonds. The normalized spacial score (nSPS) is 11.2. The van der Waals surface area contributed by atoms with Crippen molar-refractivity contribution < 1.29 is 13.9 Å². The molecule has 1 aromatic heterocycles. The highest BCUT2D eigenvalue weighted by molar-refractivity contribution is 7.14. The summed E-state index contributed by atoms with van der Waals surface area (Å²) in [6.07, 6.45) is 3.02. The minimum atomic E-state index is -0.312. The second-order valence-electron chi connectivity index (χ2n) is 6.56. The lowest BCUT2D eigenvalue weighted by molar-refractivity contribution is -0.111. The molecular formula is C22H22FN3O2S. The number of carbonyl (C=O) groups excluding carboxylic acids is 1. The van der Waals surface area contributed by atoms with E-state index in [9.17, 15) is 9.18 Å². The number of hydrogen-bond acceptors (Lipinski definition) is 5. The number of amides is 1. The van der Waals surface area contributed by atoms with Crippen LogP contribution >= 0.6 is 11.3 Å². The highest BCUT2D eigenvalue weighted by Gasteiger charge is 2.11. The van der Waals surface area contributed by atoms with Crippen LogP contribution < -0.4 is 10.1 Å². The van der Waals surface area contributed by atoms with Gasteiger partial charge in [-0.15, -0.1) is 11.3 Å². The average Bonchev–Trinajstić information content (AvgIpc) is 3.16. The highest BCUT2D eigenvalue weighted by atomic mass is 32.1. The van der Waals surface area contributed by atoms with Gasteiger partial charge in [-0.2, -0.15) is 0 Å². The molecule has 0 saturated heterocycles. The van der Waals surface area contributed by atoms with E-state index in [0.717, 1.165) is 29.1 Å². The third kappa shape index (κ3) is 6.23. The Morgan fingerprint density at radius 2 is 1.97 bits per heavy atom. The fourth-order valence-electron chi connectivity index (χ4n) is 2.49. The maximum absolute atomic E-state index is 12.9. The van der Waals surface area contributed by atoms with Crippen LogP contribution in [0.4, 0.5) is 9.52 Å². The molecule has 0 saturated carbocycles. The predicted octanol–water partition coefficient (Wildman–Crippen LogP) is 4.54. The number of carbonyl (C=O) groups is 1. The highest BCUT2D eigenvalue weighted by Crippen LogP contribution is 2.32. The van der Waals surface area contributed by atoms with Crippen LogP contribution in [-0.4, -0.2) is 43.0 Å². The smallest absolute Gasteiger partial charge is 0.250 e. The van der Waals surface area contributed by atoms with Crippen molar-refractivity contribution in [3.8, 4) is 17.0 Å². The van der Waals surface area contributed by atoms with Gasteiger partial charge in [0.15, 0.2) is 5.13 Å². The summed E-state index contributed by atoms with van der Waals surface area (Å²) in [5.74, 6) is 0.146. The molecule has 0 atom stereocenters. The van der Waals surface area contributed by atoms with Gasteiger partial charge < -0.3 is 9.64 Å². The van der Waals surface area contributed by atoms with Gasteiger partial charge in [0.1, 0.15) is 18.2 Å². The Morgan fingerprint density at radius 1 is 1.21 bits per heavy atom. The molecule has 0 spiro atoms. The first kappa shape index (κ1) is 20.7. The van der Waals surface area contributed by atoms with Crippen molar-refractivity contribution in [2.75, 3.05) is 32.6 Å². The Labute approximate surface area is 173 Å². The van der Waals surface area contributed by atoms with Crippen LogP contribution in [0.3, 0.4) is 0 Å². The standard InChI is InChI=1S/C22H22FN3O2S/c1-26(2)13-14-28-20-6-4-3-5-18(20)19-15-29-22(24-19)25-21(27)12-9-16-7-10-17(23)11-8-16/h3-12,15H,13-14H2,1-2H3,(H,24,25,27)/b12-9+. The zero-order valence-corrected chi connectivity index (χ0v) is 17.1. The zero-order valence-electron chi connectivity index (χ0n) is 16.3. The maximum atomic E-state index is 12.9. The summed E-state index contributed by atoms with van der Waals surface area (Å²) in [5.41, 5.74) is 2.36. The number of benzene rings is 2. The first-order chi connectivity index (χ1) is 14.0. The third-order valence-corrected chi connectivity index (χ3v) is 4.75. The molecule has 2 aromatic carbocycles. The van der Waals surface area contributed by atoms with Gasteiger partial charge in [0, 0.05) is 23.6 Å².